The van der Waals surface area contributed by atoms with E-state index in [-0.39, 0.29) is 11.5 Å². The summed E-state index contributed by atoms with van der Waals surface area (Å²) < 4.78 is 47.8. The highest BCUT2D eigenvalue weighted by Gasteiger charge is 2.28. The topological polar surface area (TPSA) is 129 Å². The van der Waals surface area contributed by atoms with Crippen molar-refractivity contribution < 1.29 is 18.0 Å². The van der Waals surface area contributed by atoms with E-state index in [0.29, 0.717) is 23.1 Å². The first-order valence-electron chi connectivity index (χ1n) is 11.2. The Bertz CT molecular complexity index is 1680. The van der Waals surface area contributed by atoms with Gasteiger partial charge in [-0.2, -0.15) is 0 Å². The number of carbonyl (C=O) groups is 1. The van der Waals surface area contributed by atoms with Gasteiger partial charge in [0.15, 0.2) is 11.6 Å². The number of benzene rings is 2. The number of carbonyl (C=O) groups excluding carboxylic acids is 1. The van der Waals surface area contributed by atoms with Crippen LogP contribution in [0.4, 0.5) is 36.3 Å². The molecule has 0 unspecified atom stereocenters. The van der Waals surface area contributed by atoms with Gasteiger partial charge in [-0.25, -0.2) is 33.1 Å². The van der Waals surface area contributed by atoms with Gasteiger partial charge in [-0.1, -0.05) is 6.07 Å². The molecule has 5 aromatic rings. The maximum atomic E-state index is 15.4. The number of halogens is 3. The molecule has 2 aromatic carbocycles. The first-order chi connectivity index (χ1) is 18.2. The van der Waals surface area contributed by atoms with Crippen molar-refractivity contribution in [3.63, 3.8) is 0 Å². The predicted octanol–water partition coefficient (Wildman–Crippen LogP) is 4.46. The van der Waals surface area contributed by atoms with Crippen LogP contribution in [-0.2, 0) is 0 Å². The summed E-state index contributed by atoms with van der Waals surface area (Å²) in [4.78, 5) is 29.2. The van der Waals surface area contributed by atoms with Gasteiger partial charge in [-0.15, -0.1) is 0 Å². The van der Waals surface area contributed by atoms with E-state index in [0.717, 1.165) is 11.5 Å². The van der Waals surface area contributed by atoms with Crippen LogP contribution in [0.15, 0.2) is 61.6 Å². The molecular formula is C25H20F3N9O. The third-order valence-electron chi connectivity index (χ3n) is 5.65. The van der Waals surface area contributed by atoms with Gasteiger partial charge >= 0.3 is 0 Å². The molecule has 0 spiro atoms. The van der Waals surface area contributed by atoms with Crippen molar-refractivity contribution in [2.75, 3.05) is 16.4 Å². The fraction of sp³-hybridized carbons (Fsp3) is 0.0800. The minimum atomic E-state index is -1.35. The molecule has 0 bridgehead atoms. The molecule has 10 nitrogen and oxygen atoms in total. The number of nitrogen functional groups attached to an aromatic ring is 1. The van der Waals surface area contributed by atoms with Crippen molar-refractivity contribution in [1.29, 1.82) is 0 Å². The van der Waals surface area contributed by atoms with E-state index in [1.807, 2.05) is 0 Å². The smallest absolute Gasteiger partial charge is 0.261 e. The summed E-state index contributed by atoms with van der Waals surface area (Å²) in [6, 6.07) is 7.96. The summed E-state index contributed by atoms with van der Waals surface area (Å²) in [6.07, 6.45) is 7.09. The Balaban J connectivity index is 1.43. The summed E-state index contributed by atoms with van der Waals surface area (Å²) in [5, 5.41) is 5.56. The van der Waals surface area contributed by atoms with E-state index in [1.54, 1.807) is 42.1 Å². The van der Waals surface area contributed by atoms with Crippen LogP contribution in [0.5, 0.6) is 0 Å². The summed E-state index contributed by atoms with van der Waals surface area (Å²) >= 11 is 0. The molecule has 0 fully saturated rings. The summed E-state index contributed by atoms with van der Waals surface area (Å²) in [7, 11) is 0. The van der Waals surface area contributed by atoms with Crippen LogP contribution in [0.1, 0.15) is 21.6 Å². The van der Waals surface area contributed by atoms with Gasteiger partial charge in [0.25, 0.3) is 5.91 Å². The number of nitrogens with zero attached hydrogens (tertiary/aromatic N) is 6. The third kappa shape index (κ3) is 4.52. The molecule has 1 amide bonds. The van der Waals surface area contributed by atoms with E-state index >= 15 is 4.39 Å². The van der Waals surface area contributed by atoms with Gasteiger partial charge in [-0.3, -0.25) is 9.36 Å². The predicted molar refractivity (Wildman–Crippen MR) is 134 cm³/mol. The molecule has 0 aliphatic heterocycles. The Hall–Kier alpha value is -5.20. The molecule has 38 heavy (non-hydrogen) atoms. The molecule has 5 rings (SSSR count). The zero-order valence-corrected chi connectivity index (χ0v) is 20.1. The van der Waals surface area contributed by atoms with Gasteiger partial charge in [0, 0.05) is 41.6 Å². The number of hydrogen-bond acceptors (Lipinski definition) is 7. The lowest BCUT2D eigenvalue weighted by Gasteiger charge is -2.15. The molecule has 0 aliphatic carbocycles. The van der Waals surface area contributed by atoms with Crippen molar-refractivity contribution in [2.24, 2.45) is 0 Å². The van der Waals surface area contributed by atoms with Gasteiger partial charge in [-0.05, 0) is 32.0 Å². The van der Waals surface area contributed by atoms with E-state index in [4.69, 9.17) is 5.73 Å². The average molecular weight is 519 g/mol. The molecule has 3 aromatic heterocycles. The maximum absolute atomic E-state index is 15.4. The number of aryl methyl sites for hydroxylation is 1. The molecular weight excluding hydrogens is 499 g/mol. The number of imidazole rings is 2. The standard InChI is InChI=1S/C25H20F3N9O/c1-13-10-36(12-33-13)23-21(27)14(2)20(26)19(22(23)28)24(38)34-15-4-3-5-16(8-15)35-25-30-6-7-37(25)18-9-17(29)31-11-32-18/h3-12H,1-2H3,(H,30,35)(H,34,38)(H2,29,31,32). The zero-order valence-electron chi connectivity index (χ0n) is 20.1. The first kappa shape index (κ1) is 24.5. The monoisotopic (exact) mass is 519 g/mol. The Morgan fingerprint density at radius 1 is 0.974 bits per heavy atom. The summed E-state index contributed by atoms with van der Waals surface area (Å²) in [5.74, 6) is -3.71. The van der Waals surface area contributed by atoms with Crippen molar-refractivity contribution in [2.45, 2.75) is 13.8 Å². The molecule has 13 heteroatoms. The highest BCUT2D eigenvalue weighted by Crippen LogP contribution is 2.29. The number of aromatic nitrogens is 6. The second-order valence-corrected chi connectivity index (χ2v) is 8.29. The molecule has 0 saturated carbocycles. The van der Waals surface area contributed by atoms with Crippen molar-refractivity contribution >= 4 is 29.0 Å². The van der Waals surface area contributed by atoms with Crippen LogP contribution in [0, 0.1) is 31.3 Å². The van der Waals surface area contributed by atoms with Crippen molar-refractivity contribution in [3.05, 3.63) is 95.8 Å². The van der Waals surface area contributed by atoms with Crippen LogP contribution < -0.4 is 16.4 Å². The van der Waals surface area contributed by atoms with Crippen molar-refractivity contribution in [3.8, 4) is 11.5 Å². The Morgan fingerprint density at radius 3 is 2.50 bits per heavy atom. The second kappa shape index (κ2) is 9.69. The number of rotatable bonds is 6. The van der Waals surface area contributed by atoms with Crippen LogP contribution in [0.25, 0.3) is 11.5 Å². The lowest BCUT2D eigenvalue weighted by Crippen LogP contribution is -2.19. The van der Waals surface area contributed by atoms with Crippen LogP contribution >= 0.6 is 0 Å². The maximum Gasteiger partial charge on any atom is 0.261 e. The minimum Gasteiger partial charge on any atom is -0.384 e. The number of hydrogen-bond donors (Lipinski definition) is 3. The van der Waals surface area contributed by atoms with Crippen LogP contribution in [-0.4, -0.2) is 35.0 Å². The minimum absolute atomic E-state index is 0.227. The first-order valence-corrected chi connectivity index (χ1v) is 11.2. The number of amides is 1. The normalized spacial score (nSPS) is 11.0. The number of nitrogens with one attached hydrogen (secondary N) is 2. The average Bonchev–Trinajstić information content (AvgIpc) is 3.52. The van der Waals surface area contributed by atoms with Gasteiger partial charge in [0.2, 0.25) is 5.95 Å². The quantitative estimate of drug-likeness (QED) is 0.302. The Kier molecular flexibility index (Phi) is 6.24. The van der Waals surface area contributed by atoms with E-state index in [2.05, 4.69) is 30.6 Å². The lowest BCUT2D eigenvalue weighted by atomic mass is 10.1. The lowest BCUT2D eigenvalue weighted by molar-refractivity contribution is 0.101. The fourth-order valence-corrected chi connectivity index (χ4v) is 3.81. The molecule has 192 valence electrons. The Labute approximate surface area is 214 Å². The Morgan fingerprint density at radius 2 is 1.76 bits per heavy atom. The number of nitrogens with two attached hydrogens (primary N) is 1. The van der Waals surface area contributed by atoms with E-state index in [1.165, 1.54) is 31.0 Å². The third-order valence-corrected chi connectivity index (χ3v) is 5.65. The van der Waals surface area contributed by atoms with E-state index < -0.39 is 40.2 Å². The van der Waals surface area contributed by atoms with Crippen molar-refractivity contribution in [1.82, 2.24) is 29.1 Å². The molecule has 0 aliphatic rings. The molecule has 0 saturated heterocycles. The van der Waals surface area contributed by atoms with Gasteiger partial charge < -0.3 is 20.9 Å². The van der Waals surface area contributed by atoms with Crippen LogP contribution in [0.3, 0.4) is 0 Å². The molecule has 3 heterocycles. The highest BCUT2D eigenvalue weighted by atomic mass is 19.1. The largest absolute Gasteiger partial charge is 0.384 e. The van der Waals surface area contributed by atoms with Gasteiger partial charge in [0.1, 0.15) is 35.0 Å². The summed E-state index contributed by atoms with van der Waals surface area (Å²) in [6.45, 7) is 2.76. The molecule has 0 atom stereocenters. The SMILES string of the molecule is Cc1cn(-c2c(F)c(C)c(F)c(C(=O)Nc3cccc(Nc4nccn4-c4cc(N)ncn4)c3)c2F)cn1. The zero-order chi connectivity index (χ0) is 27.0. The highest BCUT2D eigenvalue weighted by molar-refractivity contribution is 6.05. The van der Waals surface area contributed by atoms with Crippen LogP contribution in [0.2, 0.25) is 0 Å². The van der Waals surface area contributed by atoms with Gasteiger partial charge in [0.05, 0.1) is 12.0 Å². The fourth-order valence-electron chi connectivity index (χ4n) is 3.81. The number of anilines is 4. The summed E-state index contributed by atoms with van der Waals surface area (Å²) in [5.41, 5.74) is 4.95. The molecule has 4 N–H and O–H groups in total. The molecule has 0 radical (unpaired) electrons. The van der Waals surface area contributed by atoms with E-state index in [9.17, 15) is 13.6 Å². The second-order valence-electron chi connectivity index (χ2n) is 8.29.